The molecular weight excluding hydrogens is 306 g/mol. The highest BCUT2D eigenvalue weighted by atomic mass is 16.5. The van der Waals surface area contributed by atoms with Crippen molar-refractivity contribution in [3.8, 4) is 0 Å². The first-order valence-electron chi connectivity index (χ1n) is 8.70. The lowest BCUT2D eigenvalue weighted by atomic mass is 10.2. The molecule has 24 heavy (non-hydrogen) atoms. The molecule has 1 saturated carbocycles. The summed E-state index contributed by atoms with van der Waals surface area (Å²) in [6, 6.07) is 4.01. The highest BCUT2D eigenvalue weighted by Crippen LogP contribution is 2.47. The molecule has 0 N–H and O–H groups in total. The van der Waals surface area contributed by atoms with Gasteiger partial charge in [-0.3, -0.25) is 4.79 Å². The zero-order valence-electron chi connectivity index (χ0n) is 14.6. The van der Waals surface area contributed by atoms with Crippen molar-refractivity contribution < 1.29 is 13.7 Å². The van der Waals surface area contributed by atoms with Crippen LogP contribution in [-0.2, 0) is 24.2 Å². The molecular formula is C18H25N3O3. The summed E-state index contributed by atoms with van der Waals surface area (Å²) in [6.07, 6.45) is 3.81. The molecule has 1 aliphatic rings. The summed E-state index contributed by atoms with van der Waals surface area (Å²) in [7, 11) is 1.79. The van der Waals surface area contributed by atoms with Gasteiger partial charge in [-0.1, -0.05) is 19.0 Å². The second-order valence-electron chi connectivity index (χ2n) is 6.73. The van der Waals surface area contributed by atoms with E-state index in [-0.39, 0.29) is 5.91 Å². The van der Waals surface area contributed by atoms with Crippen LogP contribution in [0.25, 0.3) is 0 Å². The van der Waals surface area contributed by atoms with Gasteiger partial charge in [0.25, 0.3) is 0 Å². The fourth-order valence-electron chi connectivity index (χ4n) is 2.84. The number of hydrogen-bond acceptors (Lipinski definition) is 5. The van der Waals surface area contributed by atoms with Crippen molar-refractivity contribution in [3.05, 3.63) is 35.4 Å². The average Bonchev–Trinajstić information content (AvgIpc) is 2.96. The maximum atomic E-state index is 12.3. The summed E-state index contributed by atoms with van der Waals surface area (Å²) in [5.41, 5.74) is 0. The molecule has 0 aliphatic heterocycles. The molecule has 0 unspecified atom stereocenters. The molecule has 130 valence electrons. The predicted octanol–water partition coefficient (Wildman–Crippen LogP) is 3.33. The Bertz CT molecular complexity index is 691. The maximum absolute atomic E-state index is 12.3. The lowest BCUT2D eigenvalue weighted by molar-refractivity contribution is -0.130. The Labute approximate surface area is 142 Å². The number of aryl methyl sites for hydroxylation is 2. The summed E-state index contributed by atoms with van der Waals surface area (Å²) >= 11 is 0. The van der Waals surface area contributed by atoms with Crippen molar-refractivity contribution in [2.24, 2.45) is 5.92 Å². The van der Waals surface area contributed by atoms with Crippen LogP contribution in [0.2, 0.25) is 0 Å². The smallest absolute Gasteiger partial charge is 0.227 e. The van der Waals surface area contributed by atoms with Crippen molar-refractivity contribution in [3.63, 3.8) is 0 Å². The van der Waals surface area contributed by atoms with Crippen molar-refractivity contribution in [1.82, 2.24) is 15.0 Å². The fourth-order valence-corrected chi connectivity index (χ4v) is 2.84. The number of carbonyl (C=O) groups excluding carboxylic acids is 1. The second-order valence-corrected chi connectivity index (χ2v) is 6.73. The largest absolute Gasteiger partial charge is 0.464 e. The SMILES string of the molecule is CCCc1noc(CCC(=O)N(C)Cc2ccc([C@@H]3C[C@H]3C)o2)n1. The van der Waals surface area contributed by atoms with Crippen molar-refractivity contribution in [2.45, 2.75) is 58.4 Å². The first-order valence-corrected chi connectivity index (χ1v) is 8.70. The lowest BCUT2D eigenvalue weighted by Gasteiger charge is -2.15. The Hall–Kier alpha value is -2.11. The Morgan fingerprint density at radius 2 is 2.17 bits per heavy atom. The van der Waals surface area contributed by atoms with Crippen LogP contribution in [0.5, 0.6) is 0 Å². The van der Waals surface area contributed by atoms with E-state index in [1.807, 2.05) is 12.1 Å². The first kappa shape index (κ1) is 16.7. The van der Waals surface area contributed by atoms with Gasteiger partial charge in [-0.25, -0.2) is 0 Å². The third-order valence-corrected chi connectivity index (χ3v) is 4.51. The van der Waals surface area contributed by atoms with Gasteiger partial charge in [0.1, 0.15) is 11.5 Å². The van der Waals surface area contributed by atoms with E-state index in [1.165, 1.54) is 6.42 Å². The minimum Gasteiger partial charge on any atom is -0.464 e. The monoisotopic (exact) mass is 331 g/mol. The van der Waals surface area contributed by atoms with E-state index in [0.29, 0.717) is 37.0 Å². The van der Waals surface area contributed by atoms with Gasteiger partial charge < -0.3 is 13.8 Å². The minimum absolute atomic E-state index is 0.0444. The zero-order chi connectivity index (χ0) is 17.1. The van der Waals surface area contributed by atoms with Gasteiger partial charge >= 0.3 is 0 Å². The number of nitrogens with zero attached hydrogens (tertiary/aromatic N) is 3. The van der Waals surface area contributed by atoms with Crippen LogP contribution in [-0.4, -0.2) is 28.0 Å². The van der Waals surface area contributed by atoms with Gasteiger partial charge in [0, 0.05) is 32.2 Å². The number of carbonyl (C=O) groups is 1. The van der Waals surface area contributed by atoms with Crippen LogP contribution < -0.4 is 0 Å². The van der Waals surface area contributed by atoms with E-state index in [0.717, 1.165) is 30.3 Å². The summed E-state index contributed by atoms with van der Waals surface area (Å²) in [5.74, 6) is 4.46. The van der Waals surface area contributed by atoms with Crippen molar-refractivity contribution in [2.75, 3.05) is 7.05 Å². The Balaban J connectivity index is 1.46. The van der Waals surface area contributed by atoms with Gasteiger partial charge in [0.15, 0.2) is 5.82 Å². The molecule has 2 aromatic rings. The van der Waals surface area contributed by atoms with Gasteiger partial charge in [-0.15, -0.1) is 0 Å². The van der Waals surface area contributed by atoms with Gasteiger partial charge in [0.2, 0.25) is 11.8 Å². The summed E-state index contributed by atoms with van der Waals surface area (Å²) < 4.78 is 11.0. The van der Waals surface area contributed by atoms with Crippen LogP contribution in [0.1, 0.15) is 62.3 Å². The Kier molecular flexibility index (Phi) is 5.02. The quantitative estimate of drug-likeness (QED) is 0.742. The van der Waals surface area contributed by atoms with E-state index in [4.69, 9.17) is 8.94 Å². The molecule has 0 bridgehead atoms. The highest BCUT2D eigenvalue weighted by molar-refractivity contribution is 5.75. The fraction of sp³-hybridized carbons (Fsp3) is 0.611. The zero-order valence-corrected chi connectivity index (χ0v) is 14.6. The summed E-state index contributed by atoms with van der Waals surface area (Å²) in [6.45, 7) is 4.79. The van der Waals surface area contributed by atoms with Crippen LogP contribution in [0, 0.1) is 5.92 Å². The van der Waals surface area contributed by atoms with E-state index >= 15 is 0 Å². The van der Waals surface area contributed by atoms with Crippen LogP contribution in [0.15, 0.2) is 21.1 Å². The lowest BCUT2D eigenvalue weighted by Crippen LogP contribution is -2.26. The molecule has 0 radical (unpaired) electrons. The van der Waals surface area contributed by atoms with Gasteiger partial charge in [0.05, 0.1) is 6.54 Å². The van der Waals surface area contributed by atoms with E-state index in [2.05, 4.69) is 24.0 Å². The van der Waals surface area contributed by atoms with Crippen molar-refractivity contribution in [1.29, 1.82) is 0 Å². The van der Waals surface area contributed by atoms with E-state index in [9.17, 15) is 4.79 Å². The molecule has 2 aromatic heterocycles. The number of amides is 1. The number of furan rings is 1. The summed E-state index contributed by atoms with van der Waals surface area (Å²) in [4.78, 5) is 18.2. The first-order chi connectivity index (χ1) is 11.6. The molecule has 2 atom stereocenters. The van der Waals surface area contributed by atoms with Crippen molar-refractivity contribution >= 4 is 5.91 Å². The minimum atomic E-state index is 0.0444. The number of aromatic nitrogens is 2. The molecule has 0 spiro atoms. The van der Waals surface area contributed by atoms with E-state index in [1.54, 1.807) is 11.9 Å². The molecule has 2 heterocycles. The summed E-state index contributed by atoms with van der Waals surface area (Å²) in [5, 5.41) is 3.90. The number of rotatable bonds is 8. The predicted molar refractivity (Wildman–Crippen MR) is 88.3 cm³/mol. The standard InChI is InChI=1S/C18H25N3O3/c1-4-5-16-19-17(24-20-16)8-9-18(22)21(3)11-13-6-7-15(23-13)14-10-12(14)2/h6-7,12,14H,4-5,8-11H2,1-3H3/t12-,14-/m1/s1. The Morgan fingerprint density at radius 1 is 1.38 bits per heavy atom. The van der Waals surface area contributed by atoms with Crippen LogP contribution in [0.3, 0.4) is 0 Å². The third kappa shape index (κ3) is 4.04. The maximum Gasteiger partial charge on any atom is 0.227 e. The highest BCUT2D eigenvalue weighted by Gasteiger charge is 2.36. The molecule has 0 aromatic carbocycles. The van der Waals surface area contributed by atoms with Gasteiger partial charge in [-0.2, -0.15) is 4.98 Å². The normalized spacial score (nSPS) is 19.5. The molecule has 6 heteroatoms. The van der Waals surface area contributed by atoms with E-state index < -0.39 is 0 Å². The average molecular weight is 331 g/mol. The van der Waals surface area contributed by atoms with Crippen LogP contribution >= 0.6 is 0 Å². The second kappa shape index (κ2) is 7.20. The van der Waals surface area contributed by atoms with Crippen LogP contribution in [0.4, 0.5) is 0 Å². The number of hydrogen-bond donors (Lipinski definition) is 0. The third-order valence-electron chi connectivity index (χ3n) is 4.51. The molecule has 0 saturated heterocycles. The topological polar surface area (TPSA) is 72.4 Å². The molecule has 3 rings (SSSR count). The molecule has 6 nitrogen and oxygen atoms in total. The molecule has 1 aliphatic carbocycles. The Morgan fingerprint density at radius 3 is 2.88 bits per heavy atom. The molecule has 1 fully saturated rings. The molecule has 1 amide bonds. The van der Waals surface area contributed by atoms with Gasteiger partial charge in [-0.05, 0) is 30.9 Å².